The van der Waals surface area contributed by atoms with Crippen LogP contribution in [0.3, 0.4) is 0 Å². The monoisotopic (exact) mass is 348 g/mol. The van der Waals surface area contributed by atoms with E-state index in [0.717, 1.165) is 0 Å². The largest absolute Gasteiger partial charge is 0.465 e. The van der Waals surface area contributed by atoms with Gasteiger partial charge in [0.25, 0.3) is 0 Å². The van der Waals surface area contributed by atoms with Crippen LogP contribution >= 0.6 is 15.9 Å². The van der Waals surface area contributed by atoms with Gasteiger partial charge in [0.05, 0.1) is 6.61 Å². The molecule has 0 saturated heterocycles. The molecule has 1 unspecified atom stereocenters. The van der Waals surface area contributed by atoms with E-state index in [1.165, 1.54) is 18.2 Å². The molecule has 0 radical (unpaired) electrons. The molecule has 1 aliphatic heterocycles. The van der Waals surface area contributed by atoms with E-state index >= 15 is 0 Å². The number of ether oxygens (including phenoxy) is 1. The van der Waals surface area contributed by atoms with E-state index in [4.69, 9.17) is 9.84 Å². The quantitative estimate of drug-likeness (QED) is 0.862. The van der Waals surface area contributed by atoms with Crippen LogP contribution in [0.15, 0.2) is 27.7 Å². The zero-order valence-electron chi connectivity index (χ0n) is 10.2. The molecule has 5 nitrogen and oxygen atoms in total. The van der Waals surface area contributed by atoms with E-state index < -0.39 is 24.1 Å². The van der Waals surface area contributed by atoms with Crippen LogP contribution in [0.5, 0.6) is 0 Å². The maximum Gasteiger partial charge on any atom is 0.410 e. The van der Waals surface area contributed by atoms with Gasteiger partial charge in [0.1, 0.15) is 30.5 Å². The van der Waals surface area contributed by atoms with Crippen LogP contribution in [0.4, 0.5) is 13.6 Å². The van der Waals surface area contributed by atoms with Crippen molar-refractivity contribution in [1.82, 2.24) is 5.32 Å². The first-order valence-electron chi connectivity index (χ1n) is 5.65. The van der Waals surface area contributed by atoms with E-state index in [-0.39, 0.29) is 24.6 Å². The van der Waals surface area contributed by atoms with Gasteiger partial charge in [-0.1, -0.05) is 15.9 Å². The minimum Gasteiger partial charge on any atom is -0.465 e. The van der Waals surface area contributed by atoms with E-state index in [1.54, 1.807) is 0 Å². The van der Waals surface area contributed by atoms with Crippen LogP contribution in [0, 0.1) is 5.82 Å². The van der Waals surface area contributed by atoms with Gasteiger partial charge in [-0.25, -0.2) is 13.6 Å². The summed E-state index contributed by atoms with van der Waals surface area (Å²) >= 11 is 3.18. The molecule has 8 heteroatoms. The second-order valence-electron chi connectivity index (χ2n) is 4.27. The number of amidine groups is 1. The SMILES string of the molecule is O=C(O)NC1=NC(CF)(c2cc(Br)ccc2F)COC1. The summed E-state index contributed by atoms with van der Waals surface area (Å²) in [6, 6.07) is 4.07. The average molecular weight is 349 g/mol. The highest BCUT2D eigenvalue weighted by molar-refractivity contribution is 9.10. The number of carbonyl (C=O) groups is 1. The Bertz CT molecular complexity index is 568. The lowest BCUT2D eigenvalue weighted by Gasteiger charge is -2.32. The summed E-state index contributed by atoms with van der Waals surface area (Å²) < 4.78 is 33.2. The molecule has 1 aromatic carbocycles. The van der Waals surface area contributed by atoms with Gasteiger partial charge in [0.2, 0.25) is 0 Å². The maximum atomic E-state index is 13.9. The van der Waals surface area contributed by atoms with Gasteiger partial charge < -0.3 is 9.84 Å². The predicted molar refractivity (Wildman–Crippen MR) is 71.2 cm³/mol. The minimum absolute atomic E-state index is 0.0127. The van der Waals surface area contributed by atoms with Crippen molar-refractivity contribution < 1.29 is 23.4 Å². The summed E-state index contributed by atoms with van der Waals surface area (Å²) in [7, 11) is 0. The van der Waals surface area contributed by atoms with E-state index in [0.29, 0.717) is 4.47 Å². The second-order valence-corrected chi connectivity index (χ2v) is 5.19. The molecule has 1 amide bonds. The smallest absolute Gasteiger partial charge is 0.410 e. The van der Waals surface area contributed by atoms with Gasteiger partial charge in [-0.15, -0.1) is 0 Å². The third-order valence-corrected chi connectivity index (χ3v) is 3.32. The summed E-state index contributed by atoms with van der Waals surface area (Å²) in [5.41, 5.74) is -1.57. The first kappa shape index (κ1) is 14.9. The fourth-order valence-electron chi connectivity index (χ4n) is 1.96. The van der Waals surface area contributed by atoms with Crippen LogP contribution < -0.4 is 5.32 Å². The fraction of sp³-hybridized carbons (Fsp3) is 0.333. The Morgan fingerprint density at radius 3 is 3.00 bits per heavy atom. The number of benzene rings is 1. The highest BCUT2D eigenvalue weighted by Crippen LogP contribution is 2.33. The predicted octanol–water partition coefficient (Wildman–Crippen LogP) is 2.45. The van der Waals surface area contributed by atoms with E-state index in [2.05, 4.69) is 20.9 Å². The third-order valence-electron chi connectivity index (χ3n) is 2.83. The second kappa shape index (κ2) is 5.84. The molecule has 0 aliphatic carbocycles. The highest BCUT2D eigenvalue weighted by atomic mass is 79.9. The summed E-state index contributed by atoms with van der Waals surface area (Å²) in [6.07, 6.45) is -1.34. The fourth-order valence-corrected chi connectivity index (χ4v) is 2.32. The Morgan fingerprint density at radius 2 is 2.35 bits per heavy atom. The number of carboxylic acid groups (broad SMARTS) is 1. The number of rotatable bonds is 2. The molecule has 2 N–H and O–H groups in total. The Kier molecular flexibility index (Phi) is 4.34. The molecule has 0 spiro atoms. The molecule has 108 valence electrons. The molecule has 0 aromatic heterocycles. The van der Waals surface area contributed by atoms with Gasteiger partial charge in [0, 0.05) is 10.0 Å². The summed E-state index contributed by atoms with van der Waals surface area (Å²) in [5.74, 6) is -0.685. The minimum atomic E-state index is -1.58. The first-order chi connectivity index (χ1) is 9.47. The van der Waals surface area contributed by atoms with Gasteiger partial charge >= 0.3 is 6.09 Å². The normalized spacial score (nSPS) is 22.2. The Labute approximate surface area is 121 Å². The lowest BCUT2D eigenvalue weighted by Crippen LogP contribution is -2.45. The zero-order chi connectivity index (χ0) is 14.8. The highest BCUT2D eigenvalue weighted by Gasteiger charge is 2.38. The van der Waals surface area contributed by atoms with Crippen molar-refractivity contribution in [2.24, 2.45) is 4.99 Å². The zero-order valence-corrected chi connectivity index (χ0v) is 11.8. The molecular weight excluding hydrogens is 338 g/mol. The van der Waals surface area contributed by atoms with Crippen molar-refractivity contribution in [3.05, 3.63) is 34.1 Å². The van der Waals surface area contributed by atoms with Crippen LogP contribution in [-0.4, -0.2) is 36.9 Å². The maximum absolute atomic E-state index is 13.9. The molecule has 1 atom stereocenters. The summed E-state index contributed by atoms with van der Waals surface area (Å²) in [4.78, 5) is 14.6. The van der Waals surface area contributed by atoms with Gasteiger partial charge in [-0.3, -0.25) is 10.3 Å². The van der Waals surface area contributed by atoms with Crippen molar-refractivity contribution in [2.45, 2.75) is 5.54 Å². The molecule has 1 aliphatic rings. The van der Waals surface area contributed by atoms with Crippen molar-refractivity contribution in [3.63, 3.8) is 0 Å². The average Bonchev–Trinajstić information content (AvgIpc) is 2.41. The van der Waals surface area contributed by atoms with Crippen molar-refractivity contribution in [1.29, 1.82) is 0 Å². The molecule has 1 aromatic rings. The standard InChI is InChI=1S/C12H11BrF2N2O3/c13-7-1-2-9(15)8(3-7)12(5-14)6-20-4-10(17-12)16-11(18)19/h1-3H,4-6H2,(H,16,17)(H,18,19). The molecule has 0 saturated carbocycles. The summed E-state index contributed by atoms with van der Waals surface area (Å²) in [5, 5.41) is 10.7. The Morgan fingerprint density at radius 1 is 1.60 bits per heavy atom. The van der Waals surface area contributed by atoms with Gasteiger partial charge in [-0.05, 0) is 18.2 Å². The van der Waals surface area contributed by atoms with Crippen molar-refractivity contribution >= 4 is 27.9 Å². The first-order valence-corrected chi connectivity index (χ1v) is 6.44. The Hall–Kier alpha value is -1.54. The van der Waals surface area contributed by atoms with Crippen LogP contribution in [0.25, 0.3) is 0 Å². The van der Waals surface area contributed by atoms with Crippen molar-refractivity contribution in [3.8, 4) is 0 Å². The van der Waals surface area contributed by atoms with Crippen LogP contribution in [0.1, 0.15) is 5.56 Å². The van der Waals surface area contributed by atoms with E-state index in [9.17, 15) is 13.6 Å². The molecule has 0 bridgehead atoms. The van der Waals surface area contributed by atoms with Crippen LogP contribution in [-0.2, 0) is 10.3 Å². The van der Waals surface area contributed by atoms with E-state index in [1.807, 2.05) is 5.32 Å². The van der Waals surface area contributed by atoms with Gasteiger partial charge in [0.15, 0.2) is 0 Å². The topological polar surface area (TPSA) is 70.9 Å². The number of alkyl halides is 1. The summed E-state index contributed by atoms with van der Waals surface area (Å²) in [6.45, 7) is -1.27. The number of nitrogens with zero attached hydrogens (tertiary/aromatic N) is 1. The lowest BCUT2D eigenvalue weighted by molar-refractivity contribution is 0.0792. The number of amides is 1. The van der Waals surface area contributed by atoms with Crippen LogP contribution in [0.2, 0.25) is 0 Å². The lowest BCUT2D eigenvalue weighted by atomic mass is 9.91. The molecule has 1 heterocycles. The number of hydrogen-bond donors (Lipinski definition) is 2. The third kappa shape index (κ3) is 2.96. The number of aliphatic imine (C=N–C) groups is 1. The Balaban J connectivity index is 2.47. The van der Waals surface area contributed by atoms with Gasteiger partial charge in [-0.2, -0.15) is 0 Å². The molecule has 2 rings (SSSR count). The molecular formula is C12H11BrF2N2O3. The number of halogens is 3. The molecule has 0 fully saturated rings. The van der Waals surface area contributed by atoms with Crippen molar-refractivity contribution in [2.75, 3.05) is 19.9 Å². The number of nitrogens with one attached hydrogen (secondary N) is 1. The molecule has 20 heavy (non-hydrogen) atoms. The number of hydrogen-bond acceptors (Lipinski definition) is 3.